The molecule has 27 heavy (non-hydrogen) atoms. The Hall–Kier alpha value is -2.94. The van der Waals surface area contributed by atoms with Crippen LogP contribution in [0.1, 0.15) is 17.9 Å². The number of halogens is 1. The van der Waals surface area contributed by atoms with Crippen LogP contribution in [0.5, 0.6) is 0 Å². The molecule has 1 aromatic carbocycles. The number of carbonyl (C=O) groups excluding carboxylic acids is 2. The smallest absolute Gasteiger partial charge is 0.306 e. The number of aryl methyl sites for hydroxylation is 2. The molecule has 0 saturated carbocycles. The zero-order valence-corrected chi connectivity index (χ0v) is 16.0. The zero-order valence-electron chi connectivity index (χ0n) is 14.4. The third-order valence-electron chi connectivity index (χ3n) is 3.56. The number of carbonyl (C=O) groups is 2. The Balaban J connectivity index is 1.41. The van der Waals surface area contributed by atoms with E-state index >= 15 is 0 Å². The van der Waals surface area contributed by atoms with Crippen LogP contribution < -0.4 is 5.32 Å². The Morgan fingerprint density at radius 3 is 2.89 bits per heavy atom. The van der Waals surface area contributed by atoms with E-state index in [0.29, 0.717) is 17.3 Å². The standard InChI is InChI=1S/C18H16BrN3O5/c1-11-9-12(4-5-13(11)19)20-15(23)10-26-17(24)7-6-16-21-18(22-27-16)14-3-2-8-25-14/h2-5,8-9H,6-7,10H2,1H3,(H,20,23). The quantitative estimate of drug-likeness (QED) is 0.567. The summed E-state index contributed by atoms with van der Waals surface area (Å²) in [6.45, 7) is 1.55. The number of aromatic nitrogens is 2. The van der Waals surface area contributed by atoms with E-state index in [9.17, 15) is 9.59 Å². The number of hydrogen-bond donors (Lipinski definition) is 1. The van der Waals surface area contributed by atoms with Gasteiger partial charge in [-0.25, -0.2) is 0 Å². The van der Waals surface area contributed by atoms with E-state index in [1.54, 1.807) is 18.2 Å². The molecule has 0 unspecified atom stereocenters. The van der Waals surface area contributed by atoms with Crippen LogP contribution in [-0.4, -0.2) is 28.6 Å². The van der Waals surface area contributed by atoms with Crippen molar-refractivity contribution in [1.82, 2.24) is 10.1 Å². The van der Waals surface area contributed by atoms with Gasteiger partial charge in [-0.3, -0.25) is 9.59 Å². The molecule has 0 fully saturated rings. The maximum Gasteiger partial charge on any atom is 0.306 e. The molecule has 0 atom stereocenters. The molecule has 0 aliphatic heterocycles. The van der Waals surface area contributed by atoms with E-state index in [-0.39, 0.29) is 25.3 Å². The van der Waals surface area contributed by atoms with E-state index in [1.165, 1.54) is 6.26 Å². The Bertz CT molecular complexity index is 936. The third kappa shape index (κ3) is 5.27. The van der Waals surface area contributed by atoms with Gasteiger partial charge in [-0.05, 0) is 42.8 Å². The van der Waals surface area contributed by atoms with Crippen LogP contribution in [0.4, 0.5) is 5.69 Å². The third-order valence-corrected chi connectivity index (χ3v) is 4.45. The first-order valence-corrected chi connectivity index (χ1v) is 8.88. The van der Waals surface area contributed by atoms with Crippen molar-refractivity contribution in [1.29, 1.82) is 0 Å². The second-order valence-corrected chi connectivity index (χ2v) is 6.52. The Morgan fingerprint density at radius 2 is 2.15 bits per heavy atom. The SMILES string of the molecule is Cc1cc(NC(=O)COC(=O)CCc2nc(-c3ccco3)no2)ccc1Br. The number of benzene rings is 1. The minimum absolute atomic E-state index is 0.0183. The largest absolute Gasteiger partial charge is 0.461 e. The average molecular weight is 434 g/mol. The van der Waals surface area contributed by atoms with Crippen molar-refractivity contribution in [2.75, 3.05) is 11.9 Å². The molecule has 1 N–H and O–H groups in total. The lowest BCUT2D eigenvalue weighted by atomic mass is 10.2. The van der Waals surface area contributed by atoms with Crippen molar-refractivity contribution in [3.05, 3.63) is 52.5 Å². The van der Waals surface area contributed by atoms with Gasteiger partial charge >= 0.3 is 5.97 Å². The molecular formula is C18H16BrN3O5. The Labute approximate surface area is 163 Å². The summed E-state index contributed by atoms with van der Waals surface area (Å²) in [6, 6.07) is 8.81. The molecular weight excluding hydrogens is 418 g/mol. The predicted molar refractivity (Wildman–Crippen MR) is 98.8 cm³/mol. The number of anilines is 1. The molecule has 0 radical (unpaired) electrons. The number of nitrogens with zero attached hydrogens (tertiary/aromatic N) is 2. The summed E-state index contributed by atoms with van der Waals surface area (Å²) >= 11 is 3.39. The fourth-order valence-electron chi connectivity index (χ4n) is 2.21. The van der Waals surface area contributed by atoms with Gasteiger partial charge in [-0.2, -0.15) is 4.98 Å². The van der Waals surface area contributed by atoms with Crippen molar-refractivity contribution in [3.63, 3.8) is 0 Å². The molecule has 3 aromatic rings. The molecule has 2 aromatic heterocycles. The molecule has 9 heteroatoms. The van der Waals surface area contributed by atoms with Gasteiger partial charge in [0.2, 0.25) is 11.7 Å². The van der Waals surface area contributed by atoms with E-state index in [2.05, 4.69) is 31.4 Å². The van der Waals surface area contributed by atoms with Gasteiger partial charge in [-0.1, -0.05) is 21.1 Å². The molecule has 0 aliphatic carbocycles. The fourth-order valence-corrected chi connectivity index (χ4v) is 2.46. The Morgan fingerprint density at radius 1 is 1.30 bits per heavy atom. The molecule has 8 nitrogen and oxygen atoms in total. The topological polar surface area (TPSA) is 107 Å². The number of esters is 1. The summed E-state index contributed by atoms with van der Waals surface area (Å²) in [5.41, 5.74) is 1.62. The number of amides is 1. The van der Waals surface area contributed by atoms with Crippen LogP contribution in [0.15, 0.2) is 50.0 Å². The van der Waals surface area contributed by atoms with Gasteiger partial charge < -0.3 is 19.0 Å². The molecule has 140 valence electrons. The molecule has 3 rings (SSSR count). The maximum atomic E-state index is 11.9. The van der Waals surface area contributed by atoms with Crippen molar-refractivity contribution >= 4 is 33.5 Å². The first-order chi connectivity index (χ1) is 13.0. The minimum Gasteiger partial charge on any atom is -0.461 e. The van der Waals surface area contributed by atoms with Gasteiger partial charge in [0, 0.05) is 16.6 Å². The summed E-state index contributed by atoms with van der Waals surface area (Å²) in [5.74, 6) is 0.131. The van der Waals surface area contributed by atoms with E-state index in [1.807, 2.05) is 19.1 Å². The molecule has 0 saturated heterocycles. The van der Waals surface area contributed by atoms with Gasteiger partial charge in [0.15, 0.2) is 12.4 Å². The highest BCUT2D eigenvalue weighted by molar-refractivity contribution is 9.10. The lowest BCUT2D eigenvalue weighted by Crippen LogP contribution is -2.21. The van der Waals surface area contributed by atoms with Crippen LogP contribution >= 0.6 is 15.9 Å². The number of hydrogen-bond acceptors (Lipinski definition) is 7. The van der Waals surface area contributed by atoms with Gasteiger partial charge in [0.1, 0.15) is 0 Å². The predicted octanol–water partition coefficient (Wildman–Crippen LogP) is 3.52. The molecule has 0 aliphatic rings. The summed E-state index contributed by atoms with van der Waals surface area (Å²) in [7, 11) is 0. The van der Waals surface area contributed by atoms with Gasteiger partial charge in [-0.15, -0.1) is 0 Å². The monoisotopic (exact) mass is 433 g/mol. The number of ether oxygens (including phenoxy) is 1. The molecule has 1 amide bonds. The van der Waals surface area contributed by atoms with Crippen molar-refractivity contribution in [2.45, 2.75) is 19.8 Å². The minimum atomic E-state index is -0.533. The normalized spacial score (nSPS) is 10.6. The highest BCUT2D eigenvalue weighted by Gasteiger charge is 2.14. The average Bonchev–Trinajstić information content (AvgIpc) is 3.32. The van der Waals surface area contributed by atoms with E-state index in [4.69, 9.17) is 13.7 Å². The van der Waals surface area contributed by atoms with Crippen LogP contribution in [0.3, 0.4) is 0 Å². The lowest BCUT2D eigenvalue weighted by molar-refractivity contribution is -0.147. The summed E-state index contributed by atoms with van der Waals surface area (Å²) < 4.78 is 16.1. The molecule has 0 bridgehead atoms. The highest BCUT2D eigenvalue weighted by atomic mass is 79.9. The van der Waals surface area contributed by atoms with Crippen molar-refractivity contribution in [2.24, 2.45) is 0 Å². The lowest BCUT2D eigenvalue weighted by Gasteiger charge is -2.07. The van der Waals surface area contributed by atoms with Crippen molar-refractivity contribution in [3.8, 4) is 11.6 Å². The number of rotatable bonds is 7. The zero-order chi connectivity index (χ0) is 19.2. The second kappa shape index (κ2) is 8.63. The van der Waals surface area contributed by atoms with Gasteiger partial charge in [0.05, 0.1) is 12.7 Å². The molecule has 2 heterocycles. The van der Waals surface area contributed by atoms with Crippen molar-refractivity contribution < 1.29 is 23.3 Å². The summed E-state index contributed by atoms with van der Waals surface area (Å²) in [5, 5.41) is 6.44. The van der Waals surface area contributed by atoms with Gasteiger partial charge in [0.25, 0.3) is 5.91 Å². The first-order valence-electron chi connectivity index (χ1n) is 8.09. The number of nitrogens with one attached hydrogen (secondary N) is 1. The van der Waals surface area contributed by atoms with E-state index < -0.39 is 11.9 Å². The highest BCUT2D eigenvalue weighted by Crippen LogP contribution is 2.20. The van der Waals surface area contributed by atoms with Crippen LogP contribution in [0, 0.1) is 6.92 Å². The summed E-state index contributed by atoms with van der Waals surface area (Å²) in [6.07, 6.45) is 1.73. The maximum absolute atomic E-state index is 11.9. The van der Waals surface area contributed by atoms with Crippen LogP contribution in [0.25, 0.3) is 11.6 Å². The van der Waals surface area contributed by atoms with Crippen LogP contribution in [0.2, 0.25) is 0 Å². The first kappa shape index (κ1) is 18.8. The molecule has 0 spiro atoms. The number of furan rings is 1. The summed E-state index contributed by atoms with van der Waals surface area (Å²) in [4.78, 5) is 27.8. The second-order valence-electron chi connectivity index (χ2n) is 5.66. The van der Waals surface area contributed by atoms with Crippen LogP contribution in [-0.2, 0) is 20.7 Å². The fraction of sp³-hybridized carbons (Fsp3) is 0.222. The Kier molecular flexibility index (Phi) is 6.02. The van der Waals surface area contributed by atoms with E-state index in [0.717, 1.165) is 10.0 Å².